The van der Waals surface area contributed by atoms with Crippen molar-refractivity contribution in [1.82, 2.24) is 0 Å². The Morgan fingerprint density at radius 3 is 2.68 bits per heavy atom. The summed E-state index contributed by atoms with van der Waals surface area (Å²) in [6.07, 6.45) is -1.12. The molecule has 0 aliphatic carbocycles. The van der Waals surface area contributed by atoms with Crippen molar-refractivity contribution in [3.8, 4) is 5.75 Å². The van der Waals surface area contributed by atoms with Crippen molar-refractivity contribution in [1.29, 1.82) is 0 Å². The summed E-state index contributed by atoms with van der Waals surface area (Å²) in [4.78, 5) is 0. The van der Waals surface area contributed by atoms with Gasteiger partial charge >= 0.3 is 0 Å². The summed E-state index contributed by atoms with van der Waals surface area (Å²) in [5.41, 5.74) is 0.641. The second-order valence-corrected chi connectivity index (χ2v) is 5.23. The molecule has 2 rings (SSSR count). The van der Waals surface area contributed by atoms with E-state index in [0.717, 1.165) is 0 Å². The molecule has 1 unspecified atom stereocenters. The van der Waals surface area contributed by atoms with Gasteiger partial charge in [-0.1, -0.05) is 39.7 Å². The lowest BCUT2D eigenvalue weighted by Gasteiger charge is -2.16. The smallest absolute Gasteiger partial charge is 0.172 e. The molecule has 100 valence electrons. The van der Waals surface area contributed by atoms with Crippen molar-refractivity contribution < 1.29 is 14.2 Å². The number of methoxy groups -OCH3 is 1. The third-order valence-electron chi connectivity index (χ3n) is 2.75. The van der Waals surface area contributed by atoms with Gasteiger partial charge < -0.3 is 9.84 Å². The number of hydrogen-bond acceptors (Lipinski definition) is 2. The lowest BCUT2D eigenvalue weighted by Crippen LogP contribution is -2.05. The zero-order chi connectivity index (χ0) is 14.0. The summed E-state index contributed by atoms with van der Waals surface area (Å²) in [5.74, 6) is -0.511. The van der Waals surface area contributed by atoms with Gasteiger partial charge in [-0.05, 0) is 29.8 Å². The fourth-order valence-corrected chi connectivity index (χ4v) is 2.52. The van der Waals surface area contributed by atoms with Crippen molar-refractivity contribution in [3.63, 3.8) is 0 Å². The first-order valence-corrected chi connectivity index (χ1v) is 6.67. The molecule has 2 aromatic carbocycles. The van der Waals surface area contributed by atoms with Gasteiger partial charge in [-0.2, -0.15) is 0 Å². The average Bonchev–Trinajstić information content (AvgIpc) is 2.39. The second kappa shape index (κ2) is 5.90. The summed E-state index contributed by atoms with van der Waals surface area (Å²) in [7, 11) is 1.38. The Morgan fingerprint density at radius 2 is 2.05 bits per heavy atom. The van der Waals surface area contributed by atoms with Crippen LogP contribution < -0.4 is 4.74 Å². The summed E-state index contributed by atoms with van der Waals surface area (Å²) in [6, 6.07) is 9.79. The molecule has 0 fully saturated rings. The molecule has 0 spiro atoms. The Bertz CT molecular complexity index is 604. The third-order valence-corrected chi connectivity index (χ3v) is 3.68. The monoisotopic (exact) mass is 344 g/mol. The van der Waals surface area contributed by atoms with Crippen LogP contribution in [-0.2, 0) is 0 Å². The molecule has 0 radical (unpaired) electrons. The minimum absolute atomic E-state index is 0.0827. The van der Waals surface area contributed by atoms with E-state index in [1.165, 1.54) is 13.2 Å². The van der Waals surface area contributed by atoms with Crippen LogP contribution in [-0.4, -0.2) is 12.2 Å². The van der Waals surface area contributed by atoms with E-state index in [0.29, 0.717) is 15.1 Å². The minimum atomic E-state index is -1.12. The molecule has 19 heavy (non-hydrogen) atoms. The highest BCUT2D eigenvalue weighted by Crippen LogP contribution is 2.35. The number of benzene rings is 2. The van der Waals surface area contributed by atoms with Crippen LogP contribution >= 0.6 is 27.5 Å². The van der Waals surface area contributed by atoms with E-state index in [-0.39, 0.29) is 11.3 Å². The highest BCUT2D eigenvalue weighted by molar-refractivity contribution is 9.10. The fourth-order valence-electron chi connectivity index (χ4n) is 1.80. The number of rotatable bonds is 3. The van der Waals surface area contributed by atoms with Gasteiger partial charge in [0, 0.05) is 15.1 Å². The van der Waals surface area contributed by atoms with Gasteiger partial charge in [0.15, 0.2) is 11.6 Å². The summed E-state index contributed by atoms with van der Waals surface area (Å²) < 4.78 is 19.6. The second-order valence-electron chi connectivity index (χ2n) is 3.93. The van der Waals surface area contributed by atoms with E-state index in [1.807, 2.05) is 0 Å². The zero-order valence-corrected chi connectivity index (χ0v) is 12.4. The van der Waals surface area contributed by atoms with Crippen molar-refractivity contribution >= 4 is 27.5 Å². The van der Waals surface area contributed by atoms with Gasteiger partial charge in [-0.3, -0.25) is 0 Å². The third kappa shape index (κ3) is 2.91. The predicted molar refractivity (Wildman–Crippen MR) is 76.2 cm³/mol. The van der Waals surface area contributed by atoms with Crippen LogP contribution in [0, 0.1) is 5.82 Å². The first kappa shape index (κ1) is 14.3. The van der Waals surface area contributed by atoms with E-state index in [4.69, 9.17) is 16.3 Å². The molecule has 5 heteroatoms. The fraction of sp³-hybridized carbons (Fsp3) is 0.143. The van der Waals surface area contributed by atoms with Gasteiger partial charge in [0.25, 0.3) is 0 Å². The van der Waals surface area contributed by atoms with Gasteiger partial charge in [0.1, 0.15) is 6.10 Å². The first-order chi connectivity index (χ1) is 9.04. The molecule has 0 aliphatic rings. The van der Waals surface area contributed by atoms with E-state index < -0.39 is 11.9 Å². The van der Waals surface area contributed by atoms with Crippen LogP contribution in [0.5, 0.6) is 5.75 Å². The number of hydrogen-bond donors (Lipinski definition) is 1. The molecular weight excluding hydrogens is 335 g/mol. The van der Waals surface area contributed by atoms with E-state index >= 15 is 0 Å². The zero-order valence-electron chi connectivity index (χ0n) is 10.0. The maximum atomic E-state index is 14.2. The van der Waals surface area contributed by atoms with Gasteiger partial charge in [-0.15, -0.1) is 0 Å². The summed E-state index contributed by atoms with van der Waals surface area (Å²) >= 11 is 9.11. The standard InChI is InChI=1S/C14H11BrClFO2/c1-19-11-6-5-10(15)12(13(11)17)14(18)8-3-2-4-9(16)7-8/h2-7,14,18H,1H3. The van der Waals surface area contributed by atoms with E-state index in [9.17, 15) is 9.50 Å². The van der Waals surface area contributed by atoms with Crippen LogP contribution in [0.3, 0.4) is 0 Å². The largest absolute Gasteiger partial charge is 0.494 e. The van der Waals surface area contributed by atoms with Gasteiger partial charge in [-0.25, -0.2) is 4.39 Å². The first-order valence-electron chi connectivity index (χ1n) is 5.50. The number of ether oxygens (including phenoxy) is 1. The summed E-state index contributed by atoms with van der Waals surface area (Å²) in [6.45, 7) is 0. The number of halogens is 3. The topological polar surface area (TPSA) is 29.5 Å². The molecule has 1 N–H and O–H groups in total. The number of aliphatic hydroxyl groups excluding tert-OH is 1. The SMILES string of the molecule is COc1ccc(Br)c(C(O)c2cccc(Cl)c2)c1F. The van der Waals surface area contributed by atoms with Gasteiger partial charge in [0.2, 0.25) is 0 Å². The number of aliphatic hydroxyl groups is 1. The van der Waals surface area contributed by atoms with Crippen molar-refractivity contribution in [3.05, 3.63) is 62.8 Å². The highest BCUT2D eigenvalue weighted by Gasteiger charge is 2.21. The molecule has 0 amide bonds. The quantitative estimate of drug-likeness (QED) is 0.897. The Kier molecular flexibility index (Phi) is 4.45. The Morgan fingerprint density at radius 1 is 1.32 bits per heavy atom. The Hall–Kier alpha value is -1.10. The molecule has 1 atom stereocenters. The molecule has 0 saturated heterocycles. The normalized spacial score (nSPS) is 12.3. The van der Waals surface area contributed by atoms with E-state index in [1.54, 1.807) is 30.3 Å². The van der Waals surface area contributed by atoms with Gasteiger partial charge in [0.05, 0.1) is 7.11 Å². The van der Waals surface area contributed by atoms with E-state index in [2.05, 4.69) is 15.9 Å². The molecule has 0 saturated carbocycles. The molecule has 0 bridgehead atoms. The maximum absolute atomic E-state index is 14.2. The molecular formula is C14H11BrClFO2. The average molecular weight is 346 g/mol. The Labute approximate surface area is 123 Å². The highest BCUT2D eigenvalue weighted by atomic mass is 79.9. The molecule has 0 heterocycles. The van der Waals surface area contributed by atoms with Crippen molar-refractivity contribution in [2.75, 3.05) is 7.11 Å². The molecule has 2 nitrogen and oxygen atoms in total. The Balaban J connectivity index is 2.52. The maximum Gasteiger partial charge on any atom is 0.172 e. The lowest BCUT2D eigenvalue weighted by atomic mass is 10.0. The van der Waals surface area contributed by atoms with Crippen LogP contribution in [0.1, 0.15) is 17.2 Å². The lowest BCUT2D eigenvalue weighted by molar-refractivity contribution is 0.212. The summed E-state index contributed by atoms with van der Waals surface area (Å²) in [5, 5.41) is 10.8. The van der Waals surface area contributed by atoms with Crippen molar-refractivity contribution in [2.24, 2.45) is 0 Å². The molecule has 0 aliphatic heterocycles. The molecule has 0 aromatic heterocycles. The van der Waals surface area contributed by atoms with Crippen LogP contribution in [0.4, 0.5) is 4.39 Å². The van der Waals surface area contributed by atoms with Crippen LogP contribution in [0.2, 0.25) is 5.02 Å². The minimum Gasteiger partial charge on any atom is -0.494 e. The van der Waals surface area contributed by atoms with Crippen LogP contribution in [0.25, 0.3) is 0 Å². The molecule has 2 aromatic rings. The van der Waals surface area contributed by atoms with Crippen LogP contribution in [0.15, 0.2) is 40.9 Å². The predicted octanol–water partition coefficient (Wildman–Crippen LogP) is 4.33. The van der Waals surface area contributed by atoms with Crippen molar-refractivity contribution in [2.45, 2.75) is 6.10 Å².